The molecule has 4 aromatic rings. The van der Waals surface area contributed by atoms with Gasteiger partial charge in [-0.3, -0.25) is 4.79 Å². The minimum Gasteiger partial charge on any atom is -0.507 e. The lowest BCUT2D eigenvalue weighted by molar-refractivity contribution is 0.102. The van der Waals surface area contributed by atoms with Crippen LogP contribution in [0.2, 0.25) is 0 Å². The molecule has 0 saturated heterocycles. The molecule has 0 saturated carbocycles. The molecule has 1 heterocycles. The number of phenolic OH excluding ortho intramolecular Hbond substituents is 1. The van der Waals surface area contributed by atoms with Gasteiger partial charge in [0.1, 0.15) is 11.3 Å². The van der Waals surface area contributed by atoms with Crippen molar-refractivity contribution in [3.8, 4) is 28.7 Å². The molecule has 7 heteroatoms. The number of aryl methyl sites for hydroxylation is 1. The molecule has 7 nitrogen and oxygen atoms in total. The van der Waals surface area contributed by atoms with Crippen molar-refractivity contribution in [1.29, 1.82) is 0 Å². The molecule has 0 aliphatic carbocycles. The first-order valence-electron chi connectivity index (χ1n) is 9.22. The fraction of sp³-hybridized carbons (Fsp3) is 0.130. The van der Waals surface area contributed by atoms with Gasteiger partial charge in [-0.15, -0.1) is 0 Å². The predicted molar refractivity (Wildman–Crippen MR) is 113 cm³/mol. The third kappa shape index (κ3) is 3.65. The highest BCUT2D eigenvalue weighted by molar-refractivity contribution is 6.05. The Kier molecular flexibility index (Phi) is 5.02. The lowest BCUT2D eigenvalue weighted by Gasteiger charge is -2.11. The number of benzene rings is 3. The summed E-state index contributed by atoms with van der Waals surface area (Å²) in [5.41, 5.74) is 3.65. The van der Waals surface area contributed by atoms with E-state index >= 15 is 0 Å². The molecule has 1 aromatic heterocycles. The summed E-state index contributed by atoms with van der Waals surface area (Å²) in [6.45, 7) is 1.97. The zero-order valence-corrected chi connectivity index (χ0v) is 16.7. The van der Waals surface area contributed by atoms with Crippen LogP contribution in [0.5, 0.6) is 17.2 Å². The topological polar surface area (TPSA) is 93.8 Å². The summed E-state index contributed by atoms with van der Waals surface area (Å²) >= 11 is 0. The second-order valence-corrected chi connectivity index (χ2v) is 6.75. The number of carbonyl (C=O) groups excluding carboxylic acids is 1. The van der Waals surface area contributed by atoms with Crippen molar-refractivity contribution in [2.45, 2.75) is 6.92 Å². The maximum Gasteiger partial charge on any atom is 0.255 e. The van der Waals surface area contributed by atoms with Gasteiger partial charge in [0.05, 0.1) is 19.8 Å². The van der Waals surface area contributed by atoms with Crippen molar-refractivity contribution >= 4 is 22.7 Å². The summed E-state index contributed by atoms with van der Waals surface area (Å²) in [7, 11) is 3.04. The van der Waals surface area contributed by atoms with Crippen LogP contribution in [0.3, 0.4) is 0 Å². The van der Waals surface area contributed by atoms with Crippen LogP contribution in [0.1, 0.15) is 15.9 Å². The summed E-state index contributed by atoms with van der Waals surface area (Å²) in [4.78, 5) is 17.1. The van der Waals surface area contributed by atoms with Crippen LogP contribution in [0.25, 0.3) is 22.6 Å². The SMILES string of the molecule is COc1ccc(C(=O)Nc2ccc(O)c(-c3nc4cc(C)ccc4o3)c2)cc1OC. The van der Waals surface area contributed by atoms with E-state index in [1.807, 2.05) is 25.1 Å². The number of carbonyl (C=O) groups is 1. The average molecular weight is 404 g/mol. The summed E-state index contributed by atoms with van der Waals surface area (Å²) < 4.78 is 16.2. The lowest BCUT2D eigenvalue weighted by Crippen LogP contribution is -2.12. The molecular formula is C23H20N2O5. The number of ether oxygens (including phenoxy) is 2. The molecule has 0 spiro atoms. The van der Waals surface area contributed by atoms with Crippen LogP contribution in [0, 0.1) is 6.92 Å². The van der Waals surface area contributed by atoms with Gasteiger partial charge in [-0.2, -0.15) is 0 Å². The quantitative estimate of drug-likeness (QED) is 0.465. The molecule has 30 heavy (non-hydrogen) atoms. The number of amides is 1. The van der Waals surface area contributed by atoms with Crippen LogP contribution in [-0.2, 0) is 0 Å². The zero-order valence-electron chi connectivity index (χ0n) is 16.7. The van der Waals surface area contributed by atoms with E-state index in [-0.39, 0.29) is 17.5 Å². The van der Waals surface area contributed by atoms with Gasteiger partial charge in [-0.1, -0.05) is 6.07 Å². The smallest absolute Gasteiger partial charge is 0.255 e. The Morgan fingerprint density at radius 2 is 1.80 bits per heavy atom. The summed E-state index contributed by atoms with van der Waals surface area (Å²) in [5, 5.41) is 13.1. The first-order valence-corrected chi connectivity index (χ1v) is 9.22. The molecule has 1 amide bonds. The number of hydrogen-bond acceptors (Lipinski definition) is 6. The van der Waals surface area contributed by atoms with E-state index in [2.05, 4.69) is 10.3 Å². The van der Waals surface area contributed by atoms with Gasteiger partial charge in [0.2, 0.25) is 5.89 Å². The first kappa shape index (κ1) is 19.3. The number of aromatic hydroxyl groups is 1. The molecule has 0 bridgehead atoms. The van der Waals surface area contributed by atoms with Gasteiger partial charge in [-0.25, -0.2) is 4.98 Å². The van der Waals surface area contributed by atoms with Gasteiger partial charge < -0.3 is 24.3 Å². The Balaban J connectivity index is 1.63. The lowest BCUT2D eigenvalue weighted by atomic mass is 10.1. The van der Waals surface area contributed by atoms with Crippen LogP contribution in [0.15, 0.2) is 59.0 Å². The van der Waals surface area contributed by atoms with E-state index in [1.54, 1.807) is 30.3 Å². The zero-order chi connectivity index (χ0) is 21.3. The van der Waals surface area contributed by atoms with E-state index in [1.165, 1.54) is 20.3 Å². The van der Waals surface area contributed by atoms with Gasteiger partial charge in [-0.05, 0) is 61.0 Å². The summed E-state index contributed by atoms with van der Waals surface area (Å²) in [5.74, 6) is 0.934. The van der Waals surface area contributed by atoms with E-state index in [9.17, 15) is 9.90 Å². The molecule has 152 valence electrons. The van der Waals surface area contributed by atoms with Crippen LogP contribution in [0.4, 0.5) is 5.69 Å². The molecule has 0 radical (unpaired) electrons. The standard InChI is InChI=1S/C23H20N2O5/c1-13-4-8-19-17(10-13)25-23(30-19)16-12-15(6-7-18(16)26)24-22(27)14-5-9-20(28-2)21(11-14)29-3/h4-12,26H,1-3H3,(H,24,27). The van der Waals surface area contributed by atoms with Gasteiger partial charge >= 0.3 is 0 Å². The molecular weight excluding hydrogens is 384 g/mol. The molecule has 0 aliphatic rings. The third-order valence-electron chi connectivity index (χ3n) is 4.67. The van der Waals surface area contributed by atoms with Crippen molar-refractivity contribution in [1.82, 2.24) is 4.98 Å². The number of aromatic nitrogens is 1. The Morgan fingerprint density at radius 3 is 2.57 bits per heavy atom. The second kappa shape index (κ2) is 7.79. The van der Waals surface area contributed by atoms with E-state index < -0.39 is 0 Å². The van der Waals surface area contributed by atoms with E-state index in [0.717, 1.165) is 5.56 Å². The Bertz CT molecular complexity index is 1250. The molecule has 3 aromatic carbocycles. The van der Waals surface area contributed by atoms with E-state index in [0.29, 0.717) is 39.4 Å². The van der Waals surface area contributed by atoms with Crippen molar-refractivity contribution in [3.63, 3.8) is 0 Å². The maximum absolute atomic E-state index is 12.7. The number of hydrogen-bond donors (Lipinski definition) is 2. The highest BCUT2D eigenvalue weighted by Crippen LogP contribution is 2.34. The van der Waals surface area contributed by atoms with E-state index in [4.69, 9.17) is 13.9 Å². The summed E-state index contributed by atoms with van der Waals surface area (Å²) in [6.07, 6.45) is 0. The molecule has 0 fully saturated rings. The fourth-order valence-electron chi connectivity index (χ4n) is 3.12. The minimum absolute atomic E-state index is 0.00222. The number of nitrogens with one attached hydrogen (secondary N) is 1. The average Bonchev–Trinajstić information content (AvgIpc) is 3.17. The number of rotatable bonds is 5. The molecule has 0 unspecified atom stereocenters. The minimum atomic E-state index is -0.333. The number of fused-ring (bicyclic) bond motifs is 1. The third-order valence-corrected chi connectivity index (χ3v) is 4.67. The highest BCUT2D eigenvalue weighted by Gasteiger charge is 2.16. The second-order valence-electron chi connectivity index (χ2n) is 6.75. The highest BCUT2D eigenvalue weighted by atomic mass is 16.5. The summed E-state index contributed by atoms with van der Waals surface area (Å²) in [6, 6.07) is 15.3. The van der Waals surface area contributed by atoms with Gasteiger partial charge in [0.15, 0.2) is 17.1 Å². The number of anilines is 1. The first-order chi connectivity index (χ1) is 14.5. The number of phenols is 1. The van der Waals surface area contributed by atoms with Crippen molar-refractivity contribution in [3.05, 3.63) is 65.7 Å². The molecule has 0 aliphatic heterocycles. The van der Waals surface area contributed by atoms with Crippen molar-refractivity contribution < 1.29 is 23.8 Å². The van der Waals surface area contributed by atoms with Crippen molar-refractivity contribution in [2.24, 2.45) is 0 Å². The van der Waals surface area contributed by atoms with Gasteiger partial charge in [0.25, 0.3) is 5.91 Å². The van der Waals surface area contributed by atoms with Crippen molar-refractivity contribution in [2.75, 3.05) is 19.5 Å². The Hall–Kier alpha value is -4.00. The van der Waals surface area contributed by atoms with Gasteiger partial charge in [0, 0.05) is 11.3 Å². The normalized spacial score (nSPS) is 10.8. The maximum atomic E-state index is 12.7. The fourth-order valence-corrected chi connectivity index (χ4v) is 3.12. The van der Waals surface area contributed by atoms with Crippen LogP contribution >= 0.6 is 0 Å². The largest absolute Gasteiger partial charge is 0.507 e. The molecule has 4 rings (SSSR count). The number of oxazole rings is 1. The number of methoxy groups -OCH3 is 2. The molecule has 2 N–H and O–H groups in total. The monoisotopic (exact) mass is 404 g/mol. The Morgan fingerprint density at radius 1 is 1.00 bits per heavy atom. The van der Waals surface area contributed by atoms with Crippen LogP contribution < -0.4 is 14.8 Å². The van der Waals surface area contributed by atoms with Crippen LogP contribution in [-0.4, -0.2) is 30.2 Å². The predicted octanol–water partition coefficient (Wildman–Crippen LogP) is 4.78. The number of nitrogens with zero attached hydrogens (tertiary/aromatic N) is 1. The Labute approximate surface area is 172 Å². The molecule has 0 atom stereocenters.